The number of para-hydroxylation sites is 2. The highest BCUT2D eigenvalue weighted by Gasteiger charge is 2.20. The maximum absolute atomic E-state index is 13.5. The third-order valence-corrected chi connectivity index (χ3v) is 5.72. The Morgan fingerprint density at radius 1 is 0.722 bits per heavy atom. The lowest BCUT2D eigenvalue weighted by Crippen LogP contribution is -2.27. The van der Waals surface area contributed by atoms with Crippen LogP contribution in [0.25, 0.3) is 16.5 Å². The minimum atomic E-state index is -0.535. The second-order valence-electron chi connectivity index (χ2n) is 8.27. The normalized spacial score (nSPS) is 10.7. The van der Waals surface area contributed by atoms with E-state index in [2.05, 4.69) is 15.7 Å². The van der Waals surface area contributed by atoms with Gasteiger partial charge in [-0.3, -0.25) is 14.4 Å². The Morgan fingerprint density at radius 3 is 2.19 bits per heavy atom. The SMILES string of the molecule is Cc1cccc(NC(=O)c2ccccc2NC(=O)c2nn(-c3ccccc3)c(=O)c3ccccc23)c1. The molecule has 5 aromatic rings. The monoisotopic (exact) mass is 474 g/mol. The van der Waals surface area contributed by atoms with E-state index in [0.717, 1.165) is 5.56 Å². The molecule has 0 aliphatic rings. The first kappa shape index (κ1) is 22.7. The van der Waals surface area contributed by atoms with Gasteiger partial charge in [0.25, 0.3) is 17.4 Å². The number of nitrogens with zero attached hydrogens (tertiary/aromatic N) is 2. The summed E-state index contributed by atoms with van der Waals surface area (Å²) in [6.45, 7) is 1.94. The smallest absolute Gasteiger partial charge is 0.279 e. The van der Waals surface area contributed by atoms with Gasteiger partial charge in [0.1, 0.15) is 0 Å². The number of aromatic nitrogens is 2. The lowest BCUT2D eigenvalue weighted by Gasteiger charge is -2.14. The summed E-state index contributed by atoms with van der Waals surface area (Å²) in [5.41, 5.74) is 2.59. The van der Waals surface area contributed by atoms with Crippen molar-refractivity contribution in [3.05, 3.63) is 130 Å². The summed E-state index contributed by atoms with van der Waals surface area (Å²) in [4.78, 5) is 39.6. The largest absolute Gasteiger partial charge is 0.322 e. The average Bonchev–Trinajstić information content (AvgIpc) is 2.90. The Kier molecular flexibility index (Phi) is 6.11. The predicted octanol–water partition coefficient (Wildman–Crippen LogP) is 5.20. The first-order valence-corrected chi connectivity index (χ1v) is 11.4. The van der Waals surface area contributed by atoms with Crippen molar-refractivity contribution in [2.75, 3.05) is 10.6 Å². The maximum Gasteiger partial charge on any atom is 0.279 e. The Bertz CT molecular complexity index is 1660. The van der Waals surface area contributed by atoms with Gasteiger partial charge in [-0.25, -0.2) is 0 Å². The van der Waals surface area contributed by atoms with E-state index in [1.807, 2.05) is 31.2 Å². The maximum atomic E-state index is 13.5. The second-order valence-corrected chi connectivity index (χ2v) is 8.27. The molecule has 1 aromatic heterocycles. The Morgan fingerprint density at radius 2 is 1.42 bits per heavy atom. The van der Waals surface area contributed by atoms with Crippen molar-refractivity contribution in [2.24, 2.45) is 0 Å². The number of amides is 2. The molecule has 0 spiro atoms. The molecule has 2 N–H and O–H groups in total. The van der Waals surface area contributed by atoms with E-state index in [9.17, 15) is 14.4 Å². The lowest BCUT2D eigenvalue weighted by atomic mass is 10.1. The van der Waals surface area contributed by atoms with Crippen molar-refractivity contribution >= 4 is 34.0 Å². The van der Waals surface area contributed by atoms with Crippen molar-refractivity contribution in [3.8, 4) is 5.69 Å². The van der Waals surface area contributed by atoms with Crippen LogP contribution in [0.15, 0.2) is 108 Å². The molecular weight excluding hydrogens is 452 g/mol. The fourth-order valence-electron chi connectivity index (χ4n) is 3.99. The van der Waals surface area contributed by atoms with E-state index in [1.165, 1.54) is 4.68 Å². The third kappa shape index (κ3) is 4.50. The minimum absolute atomic E-state index is 0.0722. The van der Waals surface area contributed by atoms with Crippen LogP contribution in [0.3, 0.4) is 0 Å². The third-order valence-electron chi connectivity index (χ3n) is 5.72. The molecule has 5 rings (SSSR count). The van der Waals surface area contributed by atoms with Crippen LogP contribution in [0.2, 0.25) is 0 Å². The van der Waals surface area contributed by atoms with Gasteiger partial charge in [-0.05, 0) is 55.0 Å². The number of nitrogens with one attached hydrogen (secondary N) is 2. The van der Waals surface area contributed by atoms with E-state index in [4.69, 9.17) is 0 Å². The number of aryl methyl sites for hydroxylation is 1. The van der Waals surface area contributed by atoms with Gasteiger partial charge in [0.2, 0.25) is 0 Å². The topological polar surface area (TPSA) is 93.1 Å². The first-order valence-electron chi connectivity index (χ1n) is 11.4. The molecule has 36 heavy (non-hydrogen) atoms. The Hall–Kier alpha value is -5.04. The van der Waals surface area contributed by atoms with E-state index in [0.29, 0.717) is 33.4 Å². The lowest BCUT2D eigenvalue weighted by molar-refractivity contribution is 0.102. The fraction of sp³-hybridized carbons (Fsp3) is 0.0345. The molecule has 0 radical (unpaired) electrons. The zero-order valence-electron chi connectivity index (χ0n) is 19.4. The summed E-state index contributed by atoms with van der Waals surface area (Å²) in [5.74, 6) is -0.893. The highest BCUT2D eigenvalue weighted by Crippen LogP contribution is 2.21. The standard InChI is InChI=1S/C29H22N4O3/c1-19-10-9-11-20(18-19)30-27(34)24-16-7-8-17-25(24)31-28(35)26-22-14-5-6-15-23(22)29(36)33(32-26)21-12-3-2-4-13-21/h2-18H,1H3,(H,30,34)(H,31,35). The zero-order chi connectivity index (χ0) is 25.1. The summed E-state index contributed by atoms with van der Waals surface area (Å²) in [7, 11) is 0. The first-order chi connectivity index (χ1) is 17.5. The van der Waals surface area contributed by atoms with E-state index < -0.39 is 5.91 Å². The van der Waals surface area contributed by atoms with Crippen LogP contribution in [0, 0.1) is 6.92 Å². The zero-order valence-corrected chi connectivity index (χ0v) is 19.4. The molecule has 0 unspecified atom stereocenters. The van der Waals surface area contributed by atoms with Crippen molar-refractivity contribution in [1.82, 2.24) is 9.78 Å². The molecule has 0 saturated carbocycles. The Labute approximate surface area is 207 Å². The second kappa shape index (κ2) is 9.68. The highest BCUT2D eigenvalue weighted by molar-refractivity contribution is 6.15. The summed E-state index contributed by atoms with van der Waals surface area (Å²) < 4.78 is 1.22. The number of hydrogen-bond acceptors (Lipinski definition) is 4. The number of hydrogen-bond donors (Lipinski definition) is 2. The van der Waals surface area contributed by atoms with Crippen LogP contribution in [0.5, 0.6) is 0 Å². The predicted molar refractivity (Wildman–Crippen MR) is 141 cm³/mol. The van der Waals surface area contributed by atoms with Crippen LogP contribution < -0.4 is 16.2 Å². The molecule has 0 aliphatic carbocycles. The van der Waals surface area contributed by atoms with Crippen molar-refractivity contribution in [2.45, 2.75) is 6.92 Å². The quantitative estimate of drug-likeness (QED) is 0.366. The van der Waals surface area contributed by atoms with Crippen LogP contribution in [-0.2, 0) is 0 Å². The Balaban J connectivity index is 1.52. The summed E-state index contributed by atoms with van der Waals surface area (Å²) in [5, 5.41) is 10.9. The molecule has 7 nitrogen and oxygen atoms in total. The molecule has 0 aliphatic heterocycles. The number of benzene rings is 4. The summed E-state index contributed by atoms with van der Waals surface area (Å²) in [6.07, 6.45) is 0. The van der Waals surface area contributed by atoms with Gasteiger partial charge in [0, 0.05) is 11.1 Å². The van der Waals surface area contributed by atoms with Gasteiger partial charge in [0.05, 0.1) is 22.3 Å². The average molecular weight is 475 g/mol. The van der Waals surface area contributed by atoms with Gasteiger partial charge in [-0.1, -0.05) is 60.7 Å². The molecule has 0 saturated heterocycles. The van der Waals surface area contributed by atoms with Gasteiger partial charge >= 0.3 is 0 Å². The van der Waals surface area contributed by atoms with Gasteiger partial charge in [-0.15, -0.1) is 0 Å². The van der Waals surface area contributed by atoms with Crippen LogP contribution in [0.4, 0.5) is 11.4 Å². The number of rotatable bonds is 5. The molecule has 7 heteroatoms. The molecule has 0 bridgehead atoms. The van der Waals surface area contributed by atoms with Crippen molar-refractivity contribution < 1.29 is 9.59 Å². The van der Waals surface area contributed by atoms with E-state index in [-0.39, 0.29) is 17.2 Å². The highest BCUT2D eigenvalue weighted by atomic mass is 16.2. The molecular formula is C29H22N4O3. The van der Waals surface area contributed by atoms with Gasteiger partial charge in [-0.2, -0.15) is 9.78 Å². The minimum Gasteiger partial charge on any atom is -0.322 e. The number of carbonyl (C=O) groups excluding carboxylic acids is 2. The summed E-state index contributed by atoms with van der Waals surface area (Å²) in [6, 6.07) is 30.0. The van der Waals surface area contributed by atoms with Crippen molar-refractivity contribution in [3.63, 3.8) is 0 Å². The molecule has 176 valence electrons. The fourth-order valence-corrected chi connectivity index (χ4v) is 3.99. The molecule has 2 amide bonds. The van der Waals surface area contributed by atoms with E-state index >= 15 is 0 Å². The van der Waals surface area contributed by atoms with E-state index in [1.54, 1.807) is 78.9 Å². The van der Waals surface area contributed by atoms with Crippen molar-refractivity contribution in [1.29, 1.82) is 0 Å². The molecule has 4 aromatic carbocycles. The number of fused-ring (bicyclic) bond motifs is 1. The molecule has 1 heterocycles. The molecule has 0 fully saturated rings. The van der Waals surface area contributed by atoms with Crippen LogP contribution in [0.1, 0.15) is 26.4 Å². The molecule has 0 atom stereocenters. The number of carbonyl (C=O) groups is 2. The summed E-state index contributed by atoms with van der Waals surface area (Å²) >= 11 is 0. The van der Waals surface area contributed by atoms with Gasteiger partial charge < -0.3 is 10.6 Å². The van der Waals surface area contributed by atoms with Gasteiger partial charge in [0.15, 0.2) is 5.69 Å². The van der Waals surface area contributed by atoms with Crippen LogP contribution in [-0.4, -0.2) is 21.6 Å². The number of anilines is 2. The van der Waals surface area contributed by atoms with Crippen LogP contribution >= 0.6 is 0 Å².